The number of pyridine rings is 1. The third-order valence-electron chi connectivity index (χ3n) is 6.44. The normalized spacial score (nSPS) is 13.9. The summed E-state index contributed by atoms with van der Waals surface area (Å²) in [6, 6.07) is 11.5. The molecular formula is C26H30FN7O. The Morgan fingerprint density at radius 2 is 2.00 bits per heavy atom. The molecular weight excluding hydrogens is 445 g/mol. The summed E-state index contributed by atoms with van der Waals surface area (Å²) in [5.74, 6) is 0.900. The van der Waals surface area contributed by atoms with Crippen molar-refractivity contribution < 1.29 is 4.39 Å². The van der Waals surface area contributed by atoms with E-state index < -0.39 is 12.1 Å². The van der Waals surface area contributed by atoms with Gasteiger partial charge in [0, 0.05) is 29.9 Å². The van der Waals surface area contributed by atoms with Gasteiger partial charge in [0.25, 0.3) is 5.56 Å². The minimum absolute atomic E-state index is 0.151. The number of halogens is 1. The first-order valence-electron chi connectivity index (χ1n) is 11.9. The van der Waals surface area contributed by atoms with E-state index in [1.165, 1.54) is 11.1 Å². The quantitative estimate of drug-likeness (QED) is 0.435. The Morgan fingerprint density at radius 1 is 1.17 bits per heavy atom. The number of benzene rings is 1. The van der Waals surface area contributed by atoms with Gasteiger partial charge in [0.2, 0.25) is 5.95 Å². The molecule has 35 heavy (non-hydrogen) atoms. The van der Waals surface area contributed by atoms with Gasteiger partial charge in [-0.05, 0) is 62.2 Å². The molecule has 182 valence electrons. The predicted molar refractivity (Wildman–Crippen MR) is 135 cm³/mol. The molecule has 0 radical (unpaired) electrons. The molecule has 9 heteroatoms. The monoisotopic (exact) mass is 475 g/mol. The summed E-state index contributed by atoms with van der Waals surface area (Å²) in [5, 5.41) is 7.07. The van der Waals surface area contributed by atoms with Crippen molar-refractivity contribution in [1.29, 1.82) is 0 Å². The van der Waals surface area contributed by atoms with E-state index in [1.54, 1.807) is 35.5 Å². The molecule has 0 fully saturated rings. The summed E-state index contributed by atoms with van der Waals surface area (Å²) in [5.41, 5.74) is 3.61. The zero-order valence-corrected chi connectivity index (χ0v) is 20.5. The number of nitrogens with zero attached hydrogens (tertiary/aromatic N) is 5. The minimum Gasteiger partial charge on any atom is -0.324 e. The molecule has 8 nitrogen and oxygen atoms in total. The van der Waals surface area contributed by atoms with E-state index >= 15 is 0 Å². The summed E-state index contributed by atoms with van der Waals surface area (Å²) in [4.78, 5) is 27.2. The topological polar surface area (TPSA) is 89.7 Å². The number of nitrogens with one attached hydrogen (secondary N) is 2. The first-order valence-corrected chi connectivity index (χ1v) is 11.9. The Kier molecular flexibility index (Phi) is 5.88. The van der Waals surface area contributed by atoms with Crippen molar-refractivity contribution in [3.8, 4) is 5.82 Å². The van der Waals surface area contributed by atoms with Crippen molar-refractivity contribution in [3.63, 3.8) is 0 Å². The second kappa shape index (κ2) is 8.88. The maximum Gasteiger partial charge on any atom is 0.278 e. The van der Waals surface area contributed by atoms with Gasteiger partial charge in [-0.15, -0.1) is 0 Å². The third-order valence-corrected chi connectivity index (χ3v) is 6.44. The second-order valence-corrected chi connectivity index (χ2v) is 9.92. The molecule has 0 saturated carbocycles. The van der Waals surface area contributed by atoms with Gasteiger partial charge in [0.1, 0.15) is 12.1 Å². The van der Waals surface area contributed by atoms with E-state index in [2.05, 4.69) is 27.8 Å². The molecule has 4 heterocycles. The lowest BCUT2D eigenvalue weighted by molar-refractivity contribution is 0.343. The first kappa shape index (κ1) is 23.2. The molecule has 2 N–H and O–H groups in total. The van der Waals surface area contributed by atoms with Gasteiger partial charge in [0.05, 0.1) is 5.69 Å². The van der Waals surface area contributed by atoms with E-state index in [0.717, 1.165) is 25.2 Å². The second-order valence-electron chi connectivity index (χ2n) is 9.92. The van der Waals surface area contributed by atoms with Gasteiger partial charge < -0.3 is 10.6 Å². The van der Waals surface area contributed by atoms with E-state index in [9.17, 15) is 9.18 Å². The van der Waals surface area contributed by atoms with Crippen LogP contribution in [-0.2, 0) is 18.4 Å². The van der Waals surface area contributed by atoms with Crippen LogP contribution in [0.25, 0.3) is 16.9 Å². The number of aromatic nitrogens is 5. The smallest absolute Gasteiger partial charge is 0.278 e. The minimum atomic E-state index is -0.744. The average molecular weight is 476 g/mol. The van der Waals surface area contributed by atoms with Crippen molar-refractivity contribution in [3.05, 3.63) is 69.8 Å². The molecule has 1 aliphatic rings. The van der Waals surface area contributed by atoms with Gasteiger partial charge >= 0.3 is 0 Å². The molecule has 3 aromatic heterocycles. The highest BCUT2D eigenvalue weighted by atomic mass is 19.1. The van der Waals surface area contributed by atoms with Crippen LogP contribution >= 0.6 is 0 Å². The zero-order valence-electron chi connectivity index (χ0n) is 20.5. The Morgan fingerprint density at radius 3 is 2.77 bits per heavy atom. The molecule has 5 rings (SSSR count). The van der Waals surface area contributed by atoms with Crippen LogP contribution in [0.3, 0.4) is 0 Å². The molecule has 4 aromatic rings. The average Bonchev–Trinajstić information content (AvgIpc) is 3.16. The largest absolute Gasteiger partial charge is 0.324 e. The van der Waals surface area contributed by atoms with Crippen molar-refractivity contribution in [2.24, 2.45) is 0 Å². The standard InChI is InChI=1S/C26H30FN7O/c1-16(2)33-24(35)20-14-29-25(30-19-9-8-18-13-28-11-10-17(18)12-19)32-23(20)34(33)22-7-5-6-21(31-22)26(3,4)15-27/h5-9,12,14,16,28H,10-11,13,15H2,1-4H3,(H,29,30,32). The fourth-order valence-corrected chi connectivity index (χ4v) is 4.42. The zero-order chi connectivity index (χ0) is 24.7. The predicted octanol–water partition coefficient (Wildman–Crippen LogP) is 4.19. The van der Waals surface area contributed by atoms with Crippen LogP contribution in [-0.4, -0.2) is 37.5 Å². The summed E-state index contributed by atoms with van der Waals surface area (Å²) in [7, 11) is 0. The Bertz CT molecular complexity index is 1450. The number of hydrogen-bond acceptors (Lipinski definition) is 6. The van der Waals surface area contributed by atoms with Crippen LogP contribution in [0.2, 0.25) is 0 Å². The summed E-state index contributed by atoms with van der Waals surface area (Å²) in [6.07, 6.45) is 2.53. The number of fused-ring (bicyclic) bond motifs is 2. The SMILES string of the molecule is CC(C)n1c(=O)c2cnc(Nc3ccc4c(c3)CCNC4)nc2n1-c1cccc(C(C)(C)CF)n1. The van der Waals surface area contributed by atoms with Crippen LogP contribution in [0.1, 0.15) is 50.6 Å². The highest BCUT2D eigenvalue weighted by Gasteiger charge is 2.25. The Hall–Kier alpha value is -3.59. The van der Waals surface area contributed by atoms with Crippen molar-refractivity contribution >= 4 is 22.7 Å². The lowest BCUT2D eigenvalue weighted by atomic mass is 9.90. The van der Waals surface area contributed by atoms with E-state index in [0.29, 0.717) is 28.5 Å². The summed E-state index contributed by atoms with van der Waals surface area (Å²) in [6.45, 7) is 8.77. The summed E-state index contributed by atoms with van der Waals surface area (Å²) < 4.78 is 17.0. The summed E-state index contributed by atoms with van der Waals surface area (Å²) >= 11 is 0. The van der Waals surface area contributed by atoms with Gasteiger partial charge in [0.15, 0.2) is 11.5 Å². The Balaban J connectivity index is 1.62. The van der Waals surface area contributed by atoms with Gasteiger partial charge in [-0.1, -0.05) is 26.0 Å². The van der Waals surface area contributed by atoms with Crippen molar-refractivity contribution in [1.82, 2.24) is 29.6 Å². The fourth-order valence-electron chi connectivity index (χ4n) is 4.42. The van der Waals surface area contributed by atoms with E-state index in [4.69, 9.17) is 9.97 Å². The maximum absolute atomic E-state index is 13.7. The van der Waals surface area contributed by atoms with Gasteiger partial charge in [-0.25, -0.2) is 19.3 Å². The van der Waals surface area contributed by atoms with E-state index in [-0.39, 0.29) is 11.6 Å². The van der Waals surface area contributed by atoms with Crippen LogP contribution in [0.5, 0.6) is 0 Å². The molecule has 0 saturated heterocycles. The van der Waals surface area contributed by atoms with Gasteiger partial charge in [-0.3, -0.25) is 9.18 Å². The molecule has 1 aliphatic heterocycles. The highest BCUT2D eigenvalue weighted by molar-refractivity contribution is 5.77. The number of anilines is 2. The molecule has 0 spiro atoms. The van der Waals surface area contributed by atoms with Crippen LogP contribution in [0.15, 0.2) is 47.4 Å². The van der Waals surface area contributed by atoms with Gasteiger partial charge in [-0.2, -0.15) is 4.98 Å². The van der Waals surface area contributed by atoms with Crippen molar-refractivity contribution in [2.75, 3.05) is 18.5 Å². The lowest BCUT2D eigenvalue weighted by Crippen LogP contribution is -2.26. The number of rotatable bonds is 6. The molecule has 0 unspecified atom stereocenters. The maximum atomic E-state index is 13.7. The number of alkyl halides is 1. The third kappa shape index (κ3) is 4.20. The molecule has 0 bridgehead atoms. The lowest BCUT2D eigenvalue weighted by Gasteiger charge is -2.21. The fraction of sp³-hybridized carbons (Fsp3) is 0.385. The van der Waals surface area contributed by atoms with Crippen molar-refractivity contribution in [2.45, 2.75) is 52.1 Å². The van der Waals surface area contributed by atoms with Crippen LogP contribution in [0, 0.1) is 0 Å². The molecule has 0 amide bonds. The highest BCUT2D eigenvalue weighted by Crippen LogP contribution is 2.26. The molecule has 0 atom stereocenters. The van der Waals surface area contributed by atoms with Crippen LogP contribution in [0.4, 0.5) is 16.0 Å². The molecule has 0 aliphatic carbocycles. The number of hydrogen-bond donors (Lipinski definition) is 2. The van der Waals surface area contributed by atoms with E-state index in [1.807, 2.05) is 32.0 Å². The Labute approximate surface area is 203 Å². The first-order chi connectivity index (χ1) is 16.8. The molecule has 1 aromatic carbocycles. The van der Waals surface area contributed by atoms with Crippen LogP contribution < -0.4 is 16.2 Å².